The van der Waals surface area contributed by atoms with Crippen LogP contribution in [0.3, 0.4) is 0 Å². The number of aliphatic hydroxyl groups is 1. The molecule has 0 heterocycles. The molecule has 1 rings (SSSR count). The minimum atomic E-state index is -3.55. The van der Waals surface area contributed by atoms with Gasteiger partial charge in [-0.2, -0.15) is 4.31 Å². The highest BCUT2D eigenvalue weighted by molar-refractivity contribution is 7.89. The number of sulfonamides is 1. The molecule has 0 amide bonds. The van der Waals surface area contributed by atoms with Crippen molar-refractivity contribution >= 4 is 10.0 Å². The average Bonchev–Trinajstić information content (AvgIpc) is 2.45. The van der Waals surface area contributed by atoms with Gasteiger partial charge < -0.3 is 10.4 Å². The van der Waals surface area contributed by atoms with Crippen LogP contribution in [0.5, 0.6) is 0 Å². The van der Waals surface area contributed by atoms with Crippen molar-refractivity contribution in [2.24, 2.45) is 0 Å². The molecule has 1 aromatic rings. The van der Waals surface area contributed by atoms with Crippen LogP contribution in [0.15, 0.2) is 29.2 Å². The maximum atomic E-state index is 12.3. The van der Waals surface area contributed by atoms with E-state index in [1.807, 2.05) is 26.0 Å². The van der Waals surface area contributed by atoms with Gasteiger partial charge in [0.2, 0.25) is 10.0 Å². The monoisotopic (exact) mass is 300 g/mol. The maximum absolute atomic E-state index is 12.3. The molecule has 0 aromatic heterocycles. The largest absolute Gasteiger partial charge is 0.395 e. The lowest BCUT2D eigenvalue weighted by Crippen LogP contribution is -2.37. The molecule has 0 radical (unpaired) electrons. The van der Waals surface area contributed by atoms with Crippen LogP contribution in [0.4, 0.5) is 0 Å². The number of hydrogen-bond donors (Lipinski definition) is 2. The Kier molecular flexibility index (Phi) is 6.13. The molecule has 2 N–H and O–H groups in total. The molecule has 0 aliphatic carbocycles. The summed E-state index contributed by atoms with van der Waals surface area (Å²) in [6.45, 7) is 6.38. The molecule has 0 bridgehead atoms. The van der Waals surface area contributed by atoms with Crippen molar-refractivity contribution in [3.63, 3.8) is 0 Å². The van der Waals surface area contributed by atoms with Gasteiger partial charge in [-0.3, -0.25) is 0 Å². The second kappa shape index (κ2) is 7.17. The Bertz CT molecular complexity index is 514. The van der Waals surface area contributed by atoms with Crippen LogP contribution in [0.25, 0.3) is 0 Å². The molecule has 20 heavy (non-hydrogen) atoms. The minimum absolute atomic E-state index is 0.186. The number of hydrogen-bond acceptors (Lipinski definition) is 4. The summed E-state index contributed by atoms with van der Waals surface area (Å²) in [4.78, 5) is 0.243. The van der Waals surface area contributed by atoms with Crippen LogP contribution in [0.2, 0.25) is 0 Å². The van der Waals surface area contributed by atoms with Gasteiger partial charge in [0.1, 0.15) is 0 Å². The zero-order chi connectivity index (χ0) is 15.3. The van der Waals surface area contributed by atoms with Gasteiger partial charge in [0.25, 0.3) is 0 Å². The lowest BCUT2D eigenvalue weighted by Gasteiger charge is -2.23. The van der Waals surface area contributed by atoms with Crippen molar-refractivity contribution < 1.29 is 13.5 Å². The van der Waals surface area contributed by atoms with Gasteiger partial charge in [-0.1, -0.05) is 19.1 Å². The molecule has 6 heteroatoms. The Morgan fingerprint density at radius 2 is 1.80 bits per heavy atom. The molecule has 1 aromatic carbocycles. The summed E-state index contributed by atoms with van der Waals surface area (Å²) in [5.41, 5.74) is 1.05. The number of benzene rings is 1. The summed E-state index contributed by atoms with van der Waals surface area (Å²) in [6, 6.07) is 6.60. The number of nitrogens with one attached hydrogen (secondary N) is 1. The van der Waals surface area contributed by atoms with E-state index in [2.05, 4.69) is 5.32 Å². The Morgan fingerprint density at radius 1 is 1.25 bits per heavy atom. The fraction of sp³-hybridized carbons (Fsp3) is 0.571. The van der Waals surface area contributed by atoms with Gasteiger partial charge in [0.15, 0.2) is 0 Å². The van der Waals surface area contributed by atoms with Crippen LogP contribution >= 0.6 is 0 Å². The lowest BCUT2D eigenvalue weighted by atomic mass is 10.1. The van der Waals surface area contributed by atoms with Crippen molar-refractivity contribution in [3.05, 3.63) is 29.8 Å². The van der Waals surface area contributed by atoms with Crippen molar-refractivity contribution in [2.45, 2.75) is 37.8 Å². The topological polar surface area (TPSA) is 69.6 Å². The summed E-state index contributed by atoms with van der Waals surface area (Å²) >= 11 is 0. The summed E-state index contributed by atoms with van der Waals surface area (Å²) in [7, 11) is -2.07. The number of rotatable bonds is 7. The highest BCUT2D eigenvalue weighted by Gasteiger charge is 2.24. The molecule has 0 aliphatic rings. The summed E-state index contributed by atoms with van der Waals surface area (Å²) in [6.07, 6.45) is 0. The van der Waals surface area contributed by atoms with Crippen LogP contribution in [0, 0.1) is 0 Å². The highest BCUT2D eigenvalue weighted by atomic mass is 32.2. The molecule has 114 valence electrons. The average molecular weight is 300 g/mol. The van der Waals surface area contributed by atoms with Crippen LogP contribution in [0.1, 0.15) is 32.4 Å². The first-order valence-electron chi connectivity index (χ1n) is 6.76. The fourth-order valence-corrected chi connectivity index (χ4v) is 3.22. The van der Waals surface area contributed by atoms with Crippen molar-refractivity contribution in [3.8, 4) is 0 Å². The molecule has 0 saturated heterocycles. The first-order chi connectivity index (χ1) is 9.34. The fourth-order valence-electron chi connectivity index (χ4n) is 1.87. The minimum Gasteiger partial charge on any atom is -0.395 e. The van der Waals surface area contributed by atoms with E-state index in [1.165, 1.54) is 11.4 Å². The normalized spacial score (nSPS) is 15.3. The first kappa shape index (κ1) is 17.1. The van der Waals surface area contributed by atoms with Crippen molar-refractivity contribution in [1.82, 2.24) is 9.62 Å². The Labute approximate surface area is 121 Å². The second-order valence-electron chi connectivity index (χ2n) is 4.90. The lowest BCUT2D eigenvalue weighted by molar-refractivity contribution is 0.214. The highest BCUT2D eigenvalue weighted by Crippen LogP contribution is 2.19. The Balaban J connectivity index is 2.98. The smallest absolute Gasteiger partial charge is 0.243 e. The van der Waals surface area contributed by atoms with Crippen molar-refractivity contribution in [2.75, 3.05) is 20.2 Å². The molecule has 2 atom stereocenters. The predicted octanol–water partition coefficient (Wildman–Crippen LogP) is 1.36. The molecule has 0 saturated carbocycles. The predicted molar refractivity (Wildman–Crippen MR) is 80.0 cm³/mol. The Morgan fingerprint density at radius 3 is 2.25 bits per heavy atom. The van der Waals surface area contributed by atoms with E-state index >= 15 is 0 Å². The van der Waals surface area contributed by atoms with Gasteiger partial charge in [0.05, 0.1) is 11.5 Å². The Hall–Kier alpha value is -0.950. The van der Waals surface area contributed by atoms with E-state index in [0.717, 1.165) is 12.1 Å². The van der Waals surface area contributed by atoms with Gasteiger partial charge in [0, 0.05) is 19.1 Å². The number of aliphatic hydroxyl groups excluding tert-OH is 1. The second-order valence-corrected chi connectivity index (χ2v) is 6.90. The molecule has 2 unspecified atom stereocenters. The van der Waals surface area contributed by atoms with Gasteiger partial charge in [-0.05, 0) is 38.1 Å². The maximum Gasteiger partial charge on any atom is 0.243 e. The first-order valence-corrected chi connectivity index (χ1v) is 8.20. The third-order valence-electron chi connectivity index (χ3n) is 3.45. The van der Waals surface area contributed by atoms with Crippen molar-refractivity contribution in [1.29, 1.82) is 0 Å². The van der Waals surface area contributed by atoms with E-state index in [4.69, 9.17) is 5.11 Å². The number of likely N-dealkylation sites (N-methyl/N-ethyl adjacent to an activating group) is 1. The van der Waals surface area contributed by atoms with Gasteiger partial charge in [-0.25, -0.2) is 8.42 Å². The summed E-state index contributed by atoms with van der Waals surface area (Å²) < 4.78 is 25.9. The standard InChI is InChI=1S/C14H24N2O3S/c1-5-15-12(3)13-6-8-14(9-7-13)20(18,19)16(4)11(2)10-17/h6-9,11-12,15,17H,5,10H2,1-4H3. The molecule has 0 aliphatic heterocycles. The molecule has 0 fully saturated rings. The van der Waals surface area contributed by atoms with Crippen LogP contribution < -0.4 is 5.32 Å². The molecule has 5 nitrogen and oxygen atoms in total. The van der Waals surface area contributed by atoms with Gasteiger partial charge >= 0.3 is 0 Å². The number of nitrogens with zero attached hydrogens (tertiary/aromatic N) is 1. The van der Waals surface area contributed by atoms with E-state index < -0.39 is 16.1 Å². The zero-order valence-electron chi connectivity index (χ0n) is 12.5. The summed E-state index contributed by atoms with van der Waals surface area (Å²) in [5.74, 6) is 0. The molecular formula is C14H24N2O3S. The third kappa shape index (κ3) is 3.79. The molecule has 0 spiro atoms. The molecular weight excluding hydrogens is 276 g/mol. The van der Waals surface area contributed by atoms with Crippen LogP contribution in [-0.2, 0) is 10.0 Å². The van der Waals surface area contributed by atoms with E-state index in [9.17, 15) is 8.42 Å². The quantitative estimate of drug-likeness (QED) is 0.798. The SMILES string of the molecule is CCNC(C)c1ccc(S(=O)(=O)N(C)C(C)CO)cc1. The zero-order valence-corrected chi connectivity index (χ0v) is 13.3. The van der Waals surface area contributed by atoms with E-state index in [1.54, 1.807) is 19.1 Å². The third-order valence-corrected chi connectivity index (χ3v) is 5.44. The van der Waals surface area contributed by atoms with Gasteiger partial charge in [-0.15, -0.1) is 0 Å². The summed E-state index contributed by atoms with van der Waals surface area (Å²) in [5, 5.41) is 12.4. The van der Waals surface area contributed by atoms with Crippen LogP contribution in [-0.4, -0.2) is 44.1 Å². The van der Waals surface area contributed by atoms with E-state index in [0.29, 0.717) is 0 Å². The van der Waals surface area contributed by atoms with E-state index in [-0.39, 0.29) is 17.5 Å².